The summed E-state index contributed by atoms with van der Waals surface area (Å²) in [6.45, 7) is 1.31. The highest BCUT2D eigenvalue weighted by atomic mass is 35.5. The Balaban J connectivity index is 2.14. The molecule has 0 aliphatic carbocycles. The molecule has 2 heterocycles. The van der Waals surface area contributed by atoms with Gasteiger partial charge in [-0.3, -0.25) is 4.79 Å². The van der Waals surface area contributed by atoms with Crippen molar-refractivity contribution in [2.24, 2.45) is 5.73 Å². The van der Waals surface area contributed by atoms with E-state index in [1.807, 2.05) is 0 Å². The molecule has 0 unspecified atom stereocenters. The van der Waals surface area contributed by atoms with Gasteiger partial charge in [-0.05, 0) is 25.1 Å². The van der Waals surface area contributed by atoms with Gasteiger partial charge in [-0.25, -0.2) is 4.98 Å². The first kappa shape index (κ1) is 14.3. The second kappa shape index (κ2) is 6.33. The number of halogens is 1. The first-order valence-electron chi connectivity index (χ1n) is 5.62. The first-order chi connectivity index (χ1) is 9.11. The van der Waals surface area contributed by atoms with Crippen LogP contribution in [0.5, 0.6) is 0 Å². The average Bonchev–Trinajstić information content (AvgIpc) is 2.95. The largest absolute Gasteiger partial charge is 0.382 e. The molecule has 2 aromatic rings. The fraction of sp³-hybridized carbons (Fsp3) is 0.273. The van der Waals surface area contributed by atoms with Gasteiger partial charge < -0.3 is 16.8 Å². The minimum absolute atomic E-state index is 0.140. The summed E-state index contributed by atoms with van der Waals surface area (Å²) in [6.07, 6.45) is 0.837. The normalized spacial score (nSPS) is 10.6. The summed E-state index contributed by atoms with van der Waals surface area (Å²) in [7, 11) is 0. The zero-order valence-electron chi connectivity index (χ0n) is 9.98. The molecule has 102 valence electrons. The third kappa shape index (κ3) is 3.44. The van der Waals surface area contributed by atoms with Crippen LogP contribution in [-0.4, -0.2) is 23.9 Å². The molecule has 5 N–H and O–H groups in total. The Hall–Kier alpha value is -1.15. The number of carbonyl (C=O) groups is 1. The topological polar surface area (TPSA) is 94.0 Å². The quantitative estimate of drug-likeness (QED) is 0.562. The van der Waals surface area contributed by atoms with E-state index in [9.17, 15) is 4.79 Å². The van der Waals surface area contributed by atoms with Gasteiger partial charge in [0.1, 0.15) is 10.7 Å². The Kier molecular flexibility index (Phi) is 4.76. The smallest absolute Gasteiger partial charge is 0.216 e. The van der Waals surface area contributed by atoms with Crippen molar-refractivity contribution >= 4 is 51.0 Å². The van der Waals surface area contributed by atoms with Crippen LogP contribution in [0.15, 0.2) is 12.1 Å². The molecule has 0 saturated heterocycles. The SMILES string of the molecule is NCCCNc1nc(N)c(C(=O)c2ccc(Cl)s2)s1. The van der Waals surface area contributed by atoms with E-state index in [1.54, 1.807) is 12.1 Å². The van der Waals surface area contributed by atoms with Crippen LogP contribution in [0.2, 0.25) is 4.34 Å². The number of thiophene rings is 1. The number of nitrogen functional groups attached to an aromatic ring is 1. The van der Waals surface area contributed by atoms with Crippen molar-refractivity contribution in [3.05, 3.63) is 26.2 Å². The standard InChI is InChI=1S/C11H13ClN4OS2/c12-7-3-2-6(18-7)8(17)9-10(14)16-11(19-9)15-5-1-4-13/h2-3H,1,4-5,13-14H2,(H,15,16). The van der Waals surface area contributed by atoms with E-state index in [-0.39, 0.29) is 11.6 Å². The van der Waals surface area contributed by atoms with Gasteiger partial charge in [-0.15, -0.1) is 11.3 Å². The zero-order valence-corrected chi connectivity index (χ0v) is 12.4. The van der Waals surface area contributed by atoms with Gasteiger partial charge in [0, 0.05) is 6.54 Å². The van der Waals surface area contributed by atoms with Crippen LogP contribution in [-0.2, 0) is 0 Å². The van der Waals surface area contributed by atoms with Crippen LogP contribution in [0, 0.1) is 0 Å². The first-order valence-corrected chi connectivity index (χ1v) is 7.63. The maximum absolute atomic E-state index is 12.2. The van der Waals surface area contributed by atoms with E-state index in [2.05, 4.69) is 10.3 Å². The summed E-state index contributed by atoms with van der Waals surface area (Å²) in [4.78, 5) is 17.4. The Morgan fingerprint density at radius 3 is 2.84 bits per heavy atom. The lowest BCUT2D eigenvalue weighted by molar-refractivity contribution is 0.104. The summed E-state index contributed by atoms with van der Waals surface area (Å²) in [5.41, 5.74) is 11.2. The lowest BCUT2D eigenvalue weighted by Gasteiger charge is -1.98. The van der Waals surface area contributed by atoms with E-state index in [1.165, 1.54) is 22.7 Å². The van der Waals surface area contributed by atoms with Crippen molar-refractivity contribution in [3.8, 4) is 0 Å². The average molecular weight is 317 g/mol. The summed E-state index contributed by atoms with van der Waals surface area (Å²) >= 11 is 8.30. The molecule has 0 radical (unpaired) electrons. The van der Waals surface area contributed by atoms with Crippen molar-refractivity contribution < 1.29 is 4.79 Å². The van der Waals surface area contributed by atoms with E-state index >= 15 is 0 Å². The lowest BCUT2D eigenvalue weighted by atomic mass is 10.3. The third-order valence-electron chi connectivity index (χ3n) is 2.31. The number of ketones is 1. The van der Waals surface area contributed by atoms with E-state index < -0.39 is 0 Å². The van der Waals surface area contributed by atoms with E-state index in [0.717, 1.165) is 6.42 Å². The van der Waals surface area contributed by atoms with Crippen LogP contribution in [0.1, 0.15) is 21.0 Å². The minimum atomic E-state index is -0.140. The molecule has 0 fully saturated rings. The predicted octanol–water partition coefficient (Wildman–Crippen LogP) is 2.43. The summed E-state index contributed by atoms with van der Waals surface area (Å²) in [5.74, 6) is 0.105. The molecule has 19 heavy (non-hydrogen) atoms. The van der Waals surface area contributed by atoms with Gasteiger partial charge in [0.15, 0.2) is 5.13 Å². The molecule has 0 bridgehead atoms. The highest BCUT2D eigenvalue weighted by Crippen LogP contribution is 2.30. The number of aromatic nitrogens is 1. The summed E-state index contributed by atoms with van der Waals surface area (Å²) in [6, 6.07) is 3.38. The summed E-state index contributed by atoms with van der Waals surface area (Å²) < 4.78 is 0.577. The lowest BCUT2D eigenvalue weighted by Crippen LogP contribution is -2.08. The number of hydrogen-bond donors (Lipinski definition) is 3. The van der Waals surface area contributed by atoms with Gasteiger partial charge in [-0.1, -0.05) is 22.9 Å². The van der Waals surface area contributed by atoms with Gasteiger partial charge in [-0.2, -0.15) is 0 Å². The van der Waals surface area contributed by atoms with Crippen LogP contribution in [0.4, 0.5) is 10.9 Å². The molecule has 0 aromatic carbocycles. The number of hydrogen-bond acceptors (Lipinski definition) is 7. The van der Waals surface area contributed by atoms with Crippen LogP contribution >= 0.6 is 34.3 Å². The number of nitrogens with two attached hydrogens (primary N) is 2. The molecular weight excluding hydrogens is 304 g/mol. The van der Waals surface area contributed by atoms with Crippen molar-refractivity contribution in [3.63, 3.8) is 0 Å². The molecule has 2 aromatic heterocycles. The van der Waals surface area contributed by atoms with Crippen molar-refractivity contribution in [1.29, 1.82) is 0 Å². The number of rotatable bonds is 6. The molecule has 5 nitrogen and oxygen atoms in total. The Bertz CT molecular complexity index is 581. The molecule has 0 atom stereocenters. The van der Waals surface area contributed by atoms with Crippen molar-refractivity contribution in [2.45, 2.75) is 6.42 Å². The van der Waals surface area contributed by atoms with Crippen molar-refractivity contribution in [2.75, 3.05) is 24.1 Å². The molecule has 0 amide bonds. The third-order valence-corrected chi connectivity index (χ3v) is 4.57. The molecule has 0 spiro atoms. The van der Waals surface area contributed by atoms with E-state index in [0.29, 0.717) is 32.3 Å². The van der Waals surface area contributed by atoms with Gasteiger partial charge >= 0.3 is 0 Å². The fourth-order valence-electron chi connectivity index (χ4n) is 1.42. The van der Waals surface area contributed by atoms with Crippen molar-refractivity contribution in [1.82, 2.24) is 4.98 Å². The maximum atomic E-state index is 12.2. The molecule has 0 saturated carbocycles. The van der Waals surface area contributed by atoms with Crippen LogP contribution in [0.25, 0.3) is 0 Å². The second-order valence-corrected chi connectivity index (χ2v) is 6.45. The molecule has 0 aliphatic rings. The maximum Gasteiger partial charge on any atom is 0.216 e. The van der Waals surface area contributed by atoms with E-state index in [4.69, 9.17) is 23.1 Å². The minimum Gasteiger partial charge on any atom is -0.382 e. The fourth-order valence-corrected chi connectivity index (χ4v) is 3.33. The van der Waals surface area contributed by atoms with Gasteiger partial charge in [0.05, 0.1) is 9.21 Å². The molecular formula is C11H13ClN4OS2. The van der Waals surface area contributed by atoms with Gasteiger partial charge in [0.2, 0.25) is 5.78 Å². The number of nitrogens with one attached hydrogen (secondary N) is 1. The highest BCUT2D eigenvalue weighted by Gasteiger charge is 2.19. The molecule has 0 aliphatic heterocycles. The molecule has 2 rings (SSSR count). The Morgan fingerprint density at radius 2 is 2.21 bits per heavy atom. The Labute approximate surface area is 123 Å². The molecule has 8 heteroatoms. The van der Waals surface area contributed by atoms with Crippen LogP contribution < -0.4 is 16.8 Å². The number of thiazole rings is 1. The van der Waals surface area contributed by atoms with Gasteiger partial charge in [0.25, 0.3) is 0 Å². The zero-order chi connectivity index (χ0) is 13.8. The monoisotopic (exact) mass is 316 g/mol. The number of nitrogens with zero attached hydrogens (tertiary/aromatic N) is 1. The predicted molar refractivity (Wildman–Crippen MR) is 81.4 cm³/mol. The number of anilines is 2. The number of carbonyl (C=O) groups excluding carboxylic acids is 1. The highest BCUT2D eigenvalue weighted by molar-refractivity contribution is 7.21. The van der Waals surface area contributed by atoms with Crippen LogP contribution in [0.3, 0.4) is 0 Å². The second-order valence-electron chi connectivity index (χ2n) is 3.74. The summed E-state index contributed by atoms with van der Waals surface area (Å²) in [5, 5.41) is 3.73. The Morgan fingerprint density at radius 1 is 1.42 bits per heavy atom.